The van der Waals surface area contributed by atoms with E-state index in [1.165, 1.54) is 36.7 Å². The van der Waals surface area contributed by atoms with Crippen molar-refractivity contribution in [3.05, 3.63) is 119 Å². The molecule has 0 bridgehead atoms. The van der Waals surface area contributed by atoms with E-state index in [1.54, 1.807) is 87.0 Å². The largest absolute Gasteiger partial charge is 2.00 e. The summed E-state index contributed by atoms with van der Waals surface area (Å²) in [6, 6.07) is 26.7. The predicted molar refractivity (Wildman–Crippen MR) is 150 cm³/mol. The molecule has 0 aliphatic rings. The average Bonchev–Trinajstić information content (AvgIpc) is 2.98. The van der Waals surface area contributed by atoms with Crippen molar-refractivity contribution in [2.75, 3.05) is 14.2 Å². The summed E-state index contributed by atoms with van der Waals surface area (Å²) in [4.78, 5) is 0. The van der Waals surface area contributed by atoms with E-state index in [1.807, 2.05) is 0 Å². The maximum atomic E-state index is 11.7. The molecule has 212 valence electrons. The molecule has 0 radical (unpaired) electrons. The smallest absolute Gasteiger partial charge is 0.857 e. The molecule has 0 saturated carbocycles. The number of hydrogen-bond acceptors (Lipinski definition) is 10. The van der Waals surface area contributed by atoms with Crippen LogP contribution in [0.2, 0.25) is 0 Å². The fourth-order valence-corrected chi connectivity index (χ4v) is 3.09. The molecule has 4 rings (SSSR count). The summed E-state index contributed by atoms with van der Waals surface area (Å²) in [7, 11) is 3.17. The van der Waals surface area contributed by atoms with Crippen molar-refractivity contribution in [1.29, 1.82) is 0 Å². The Bertz CT molecular complexity index is 1390. The van der Waals surface area contributed by atoms with Crippen molar-refractivity contribution < 1.29 is 46.4 Å². The molecule has 41 heavy (non-hydrogen) atoms. The zero-order chi connectivity index (χ0) is 28.7. The van der Waals surface area contributed by atoms with Crippen LogP contribution in [0.5, 0.6) is 23.0 Å². The third-order valence-corrected chi connectivity index (χ3v) is 5.21. The Morgan fingerprint density at radius 1 is 0.585 bits per heavy atom. The molecular formula is C30H26N4NiO6. The molecule has 11 heteroatoms. The normalized spacial score (nSPS) is 11.5. The van der Waals surface area contributed by atoms with Gasteiger partial charge in [-0.05, 0) is 71.8 Å². The van der Waals surface area contributed by atoms with Crippen molar-refractivity contribution in [1.82, 2.24) is 0 Å². The molecule has 0 amide bonds. The van der Waals surface area contributed by atoms with Crippen LogP contribution < -0.4 is 19.7 Å². The van der Waals surface area contributed by atoms with Crippen LogP contribution in [-0.4, -0.2) is 48.7 Å². The fraction of sp³-hybridized carbons (Fsp3) is 0.0667. The number of rotatable bonds is 8. The number of nitrogens with zero attached hydrogens (tertiary/aromatic N) is 4. The first-order chi connectivity index (χ1) is 19.4. The van der Waals surface area contributed by atoms with Crippen LogP contribution in [0.1, 0.15) is 22.3 Å². The molecule has 0 spiro atoms. The van der Waals surface area contributed by atoms with Crippen LogP contribution in [0.4, 0.5) is 0 Å². The van der Waals surface area contributed by atoms with E-state index >= 15 is 0 Å². The number of aromatic hydroxyl groups is 2. The Kier molecular flexibility index (Phi) is 13.1. The maximum absolute atomic E-state index is 11.7. The molecule has 10 nitrogen and oxygen atoms in total. The van der Waals surface area contributed by atoms with Gasteiger partial charge in [-0.2, -0.15) is 20.4 Å². The second-order valence-corrected chi connectivity index (χ2v) is 7.88. The van der Waals surface area contributed by atoms with E-state index in [2.05, 4.69) is 20.4 Å². The van der Waals surface area contributed by atoms with Crippen molar-refractivity contribution in [2.45, 2.75) is 0 Å². The molecule has 0 heterocycles. The van der Waals surface area contributed by atoms with Crippen LogP contribution in [0.3, 0.4) is 0 Å². The van der Waals surface area contributed by atoms with Crippen LogP contribution >= 0.6 is 0 Å². The van der Waals surface area contributed by atoms with Crippen LogP contribution in [0.25, 0.3) is 0 Å². The molecule has 0 atom stereocenters. The quantitative estimate of drug-likeness (QED) is 0.138. The van der Waals surface area contributed by atoms with Crippen molar-refractivity contribution in [3.63, 3.8) is 0 Å². The van der Waals surface area contributed by atoms with Crippen LogP contribution in [0.15, 0.2) is 117 Å². The molecule has 4 aromatic carbocycles. The average molecular weight is 597 g/mol. The molecule has 0 unspecified atom stereocenters. The third kappa shape index (κ3) is 10.2. The summed E-state index contributed by atoms with van der Waals surface area (Å²) in [5.74, 6) is 0.0799. The van der Waals surface area contributed by atoms with Crippen LogP contribution in [0, 0.1) is 0 Å². The summed E-state index contributed by atoms with van der Waals surface area (Å²) >= 11 is 0. The molecule has 2 N–H and O–H groups in total. The van der Waals surface area contributed by atoms with E-state index in [9.17, 15) is 20.4 Å². The Morgan fingerprint density at radius 2 is 0.927 bits per heavy atom. The molecule has 4 aromatic rings. The van der Waals surface area contributed by atoms with Gasteiger partial charge in [0, 0.05) is 22.9 Å². The second-order valence-electron chi connectivity index (χ2n) is 7.88. The number of methoxy groups -OCH3 is 2. The first-order valence-corrected chi connectivity index (χ1v) is 11.8. The second kappa shape index (κ2) is 16.7. The summed E-state index contributed by atoms with van der Waals surface area (Å²) in [5.41, 5.74) is 1.83. The van der Waals surface area contributed by atoms with Crippen molar-refractivity contribution >= 4 is 24.2 Å². The van der Waals surface area contributed by atoms with Crippen molar-refractivity contribution in [2.24, 2.45) is 20.4 Å². The summed E-state index contributed by atoms with van der Waals surface area (Å²) < 4.78 is 10.1. The molecule has 0 saturated heterocycles. The SMILES string of the molecule is COc1ccc(/C=N/N=C(\[O-])c2ccccc2O)cc1.COc1ccc(/C=N/N=C(\[O-])c2ccccc2O)cc1.[Ni+2]. The van der Waals surface area contributed by atoms with Gasteiger partial charge >= 0.3 is 16.5 Å². The van der Waals surface area contributed by atoms with E-state index in [0.29, 0.717) is 0 Å². The summed E-state index contributed by atoms with van der Waals surface area (Å²) in [5, 5.41) is 56.9. The van der Waals surface area contributed by atoms with Gasteiger partial charge in [0.15, 0.2) is 0 Å². The van der Waals surface area contributed by atoms with Gasteiger partial charge < -0.3 is 29.9 Å². The molecular weight excluding hydrogens is 571 g/mol. The minimum Gasteiger partial charge on any atom is -0.857 e. The van der Waals surface area contributed by atoms with E-state index < -0.39 is 11.8 Å². The first kappa shape index (κ1) is 32.1. The fourth-order valence-electron chi connectivity index (χ4n) is 3.09. The van der Waals surface area contributed by atoms with Gasteiger partial charge in [0.05, 0.1) is 26.6 Å². The standard InChI is InChI=1S/2C15H14N2O3.Ni/c2*1-20-12-8-6-11(7-9-12)10-16-17-15(19)13-4-2-3-5-14(13)18;/h2*2-10,18H,1H3,(H,17,19);/q;;+2/p-2/b2*16-10+;. The monoisotopic (exact) mass is 596 g/mol. The number of benzene rings is 4. The number of ether oxygens (including phenoxy) is 2. The van der Waals surface area contributed by atoms with Gasteiger partial charge in [-0.15, -0.1) is 0 Å². The van der Waals surface area contributed by atoms with E-state index in [4.69, 9.17) is 9.47 Å². The van der Waals surface area contributed by atoms with E-state index in [-0.39, 0.29) is 39.1 Å². The van der Waals surface area contributed by atoms with Crippen molar-refractivity contribution in [3.8, 4) is 23.0 Å². The Labute approximate surface area is 247 Å². The number of phenols is 2. The predicted octanol–water partition coefficient (Wildman–Crippen LogP) is 3.08. The minimum atomic E-state index is -0.590. The topological polar surface area (TPSA) is 154 Å². The summed E-state index contributed by atoms with van der Waals surface area (Å²) in [6.45, 7) is 0. The number of hydrogen-bond donors (Lipinski definition) is 2. The van der Waals surface area contributed by atoms with Crippen LogP contribution in [-0.2, 0) is 16.5 Å². The third-order valence-electron chi connectivity index (χ3n) is 5.21. The minimum absolute atomic E-state index is 0. The zero-order valence-electron chi connectivity index (χ0n) is 22.0. The Hall–Kier alpha value is -5.15. The van der Waals surface area contributed by atoms with Gasteiger partial charge in [0.1, 0.15) is 23.0 Å². The van der Waals surface area contributed by atoms with Gasteiger partial charge in [-0.25, -0.2) is 0 Å². The van der Waals surface area contributed by atoms with Gasteiger partial charge in [0.2, 0.25) is 0 Å². The maximum Gasteiger partial charge on any atom is 2.00 e. The molecule has 0 fully saturated rings. The zero-order valence-corrected chi connectivity index (χ0v) is 23.0. The van der Waals surface area contributed by atoms with Gasteiger partial charge in [-0.1, -0.05) is 36.4 Å². The number of para-hydroxylation sites is 2. The number of phenolic OH excluding ortho intramolecular Hbond substituents is 2. The van der Waals surface area contributed by atoms with Gasteiger partial charge in [-0.3, -0.25) is 0 Å². The Morgan fingerprint density at radius 3 is 1.24 bits per heavy atom. The molecule has 0 aromatic heterocycles. The van der Waals surface area contributed by atoms with E-state index in [0.717, 1.165) is 22.6 Å². The first-order valence-electron chi connectivity index (χ1n) is 11.8. The summed E-state index contributed by atoms with van der Waals surface area (Å²) in [6.07, 6.45) is 2.91. The molecule has 0 aliphatic carbocycles. The molecule has 0 aliphatic heterocycles. The Balaban J connectivity index is 0.000000280. The van der Waals surface area contributed by atoms with Gasteiger partial charge in [0.25, 0.3) is 0 Å².